The minimum Gasteiger partial charge on any atom is -0.390 e. The van der Waals surface area contributed by atoms with Gasteiger partial charge in [0.25, 0.3) is 0 Å². The Morgan fingerprint density at radius 3 is 2.00 bits per heavy atom. The molecule has 0 aliphatic heterocycles. The van der Waals surface area contributed by atoms with Crippen LogP contribution in [0.4, 0.5) is 0 Å². The SMILES string of the molecule is CCC(O)C(CC)OS(=O)(=O)O.N. The van der Waals surface area contributed by atoms with Gasteiger partial charge in [-0.15, -0.1) is 0 Å². The zero-order valence-corrected chi connectivity index (χ0v) is 8.62. The Morgan fingerprint density at radius 2 is 1.77 bits per heavy atom. The highest BCUT2D eigenvalue weighted by molar-refractivity contribution is 7.80. The first-order valence-electron chi connectivity index (χ1n) is 3.74. The van der Waals surface area contributed by atoms with Crippen LogP contribution in [0.3, 0.4) is 0 Å². The van der Waals surface area contributed by atoms with Crippen molar-refractivity contribution in [1.82, 2.24) is 6.15 Å². The lowest BCUT2D eigenvalue weighted by molar-refractivity contribution is 0.0289. The molecule has 0 radical (unpaired) electrons. The molecule has 2 atom stereocenters. The summed E-state index contributed by atoms with van der Waals surface area (Å²) in [6.45, 7) is 3.36. The zero-order valence-electron chi connectivity index (χ0n) is 7.80. The first kappa shape index (κ1) is 15.3. The van der Waals surface area contributed by atoms with Crippen LogP contribution in [0, 0.1) is 0 Å². The molecule has 0 aromatic carbocycles. The molecular weight excluding hydrogens is 198 g/mol. The Balaban J connectivity index is 0. The average molecular weight is 215 g/mol. The molecule has 13 heavy (non-hydrogen) atoms. The first-order valence-corrected chi connectivity index (χ1v) is 5.11. The van der Waals surface area contributed by atoms with Crippen LogP contribution in [0.15, 0.2) is 0 Å². The lowest BCUT2D eigenvalue weighted by Crippen LogP contribution is -2.29. The van der Waals surface area contributed by atoms with E-state index in [4.69, 9.17) is 4.55 Å². The standard InChI is InChI=1S/C6H14O5S.H3N/c1-3-5(7)6(4-2)11-12(8,9)10;/h5-7H,3-4H2,1-2H3,(H,8,9,10);1H3. The number of hydrogen-bond acceptors (Lipinski definition) is 5. The van der Waals surface area contributed by atoms with Gasteiger partial charge in [0.1, 0.15) is 6.10 Å². The van der Waals surface area contributed by atoms with E-state index in [1.807, 2.05) is 0 Å². The molecule has 0 saturated heterocycles. The summed E-state index contributed by atoms with van der Waals surface area (Å²) in [6, 6.07) is 0. The second kappa shape index (κ2) is 6.28. The highest BCUT2D eigenvalue weighted by atomic mass is 32.3. The van der Waals surface area contributed by atoms with Crippen molar-refractivity contribution in [3.8, 4) is 0 Å². The first-order chi connectivity index (χ1) is 5.40. The quantitative estimate of drug-likeness (QED) is 0.575. The molecule has 82 valence electrons. The van der Waals surface area contributed by atoms with E-state index < -0.39 is 22.6 Å². The van der Waals surface area contributed by atoms with E-state index in [1.54, 1.807) is 13.8 Å². The van der Waals surface area contributed by atoms with Crippen molar-refractivity contribution < 1.29 is 22.3 Å². The summed E-state index contributed by atoms with van der Waals surface area (Å²) < 4.78 is 33.0. The molecule has 0 aliphatic rings. The van der Waals surface area contributed by atoms with Crippen molar-refractivity contribution in [1.29, 1.82) is 0 Å². The van der Waals surface area contributed by atoms with Gasteiger partial charge >= 0.3 is 10.4 Å². The second-order valence-corrected chi connectivity index (χ2v) is 3.49. The number of rotatable bonds is 5. The van der Waals surface area contributed by atoms with Gasteiger partial charge in [0.2, 0.25) is 0 Å². The van der Waals surface area contributed by atoms with Gasteiger partial charge in [0.05, 0.1) is 6.10 Å². The summed E-state index contributed by atoms with van der Waals surface area (Å²) >= 11 is 0. The van der Waals surface area contributed by atoms with Gasteiger partial charge in [-0.2, -0.15) is 8.42 Å². The maximum atomic E-state index is 10.2. The van der Waals surface area contributed by atoms with Crippen molar-refractivity contribution in [2.24, 2.45) is 0 Å². The molecule has 6 nitrogen and oxygen atoms in total. The number of aliphatic hydroxyl groups excluding tert-OH is 1. The molecule has 0 saturated carbocycles. The van der Waals surface area contributed by atoms with E-state index in [2.05, 4.69) is 4.18 Å². The van der Waals surface area contributed by atoms with E-state index >= 15 is 0 Å². The summed E-state index contributed by atoms with van der Waals surface area (Å²) in [6.07, 6.45) is -1.01. The summed E-state index contributed by atoms with van der Waals surface area (Å²) in [5.41, 5.74) is 0. The van der Waals surface area contributed by atoms with E-state index in [0.717, 1.165) is 0 Å². The van der Waals surface area contributed by atoms with Gasteiger partial charge in [-0.25, -0.2) is 4.18 Å². The highest BCUT2D eigenvalue weighted by Gasteiger charge is 2.21. The maximum absolute atomic E-state index is 10.2. The van der Waals surface area contributed by atoms with Crippen LogP contribution < -0.4 is 6.15 Å². The molecule has 0 fully saturated rings. The summed E-state index contributed by atoms with van der Waals surface area (Å²) in [5, 5.41) is 9.18. The molecule has 2 unspecified atom stereocenters. The molecule has 0 aromatic rings. The lowest BCUT2D eigenvalue weighted by atomic mass is 10.1. The average Bonchev–Trinajstić information content (AvgIpc) is 1.97. The van der Waals surface area contributed by atoms with Crippen LogP contribution in [0.25, 0.3) is 0 Å². The van der Waals surface area contributed by atoms with Crippen molar-refractivity contribution in [3.05, 3.63) is 0 Å². The molecule has 0 amide bonds. The van der Waals surface area contributed by atoms with Crippen LogP contribution in [0.2, 0.25) is 0 Å². The Labute approximate surface area is 78.4 Å². The van der Waals surface area contributed by atoms with Crippen molar-refractivity contribution in [2.45, 2.75) is 38.9 Å². The van der Waals surface area contributed by atoms with Crippen molar-refractivity contribution in [2.75, 3.05) is 0 Å². The van der Waals surface area contributed by atoms with E-state index in [1.165, 1.54) is 0 Å². The van der Waals surface area contributed by atoms with Gasteiger partial charge < -0.3 is 11.3 Å². The van der Waals surface area contributed by atoms with Crippen molar-refractivity contribution in [3.63, 3.8) is 0 Å². The van der Waals surface area contributed by atoms with Crippen LogP contribution in [0.1, 0.15) is 26.7 Å². The molecule has 0 spiro atoms. The predicted octanol–water partition coefficient (Wildman–Crippen LogP) is 0.517. The fourth-order valence-corrected chi connectivity index (χ4v) is 1.40. The van der Waals surface area contributed by atoms with E-state index in [0.29, 0.717) is 12.8 Å². The van der Waals surface area contributed by atoms with Crippen LogP contribution >= 0.6 is 0 Å². The van der Waals surface area contributed by atoms with Crippen molar-refractivity contribution >= 4 is 10.4 Å². The normalized spacial score (nSPS) is 16.0. The summed E-state index contributed by atoms with van der Waals surface area (Å²) in [5.74, 6) is 0. The molecule has 0 aromatic heterocycles. The van der Waals surface area contributed by atoms with Gasteiger partial charge in [-0.1, -0.05) is 13.8 Å². The molecule has 5 N–H and O–H groups in total. The minimum absolute atomic E-state index is 0. The second-order valence-electron chi connectivity index (χ2n) is 2.45. The molecule has 0 aliphatic carbocycles. The van der Waals surface area contributed by atoms with Crippen LogP contribution in [-0.2, 0) is 14.6 Å². The van der Waals surface area contributed by atoms with Gasteiger partial charge in [0, 0.05) is 0 Å². The number of aliphatic hydroxyl groups is 1. The largest absolute Gasteiger partial charge is 0.397 e. The van der Waals surface area contributed by atoms with Gasteiger partial charge in [-0.3, -0.25) is 4.55 Å². The minimum atomic E-state index is -4.45. The van der Waals surface area contributed by atoms with E-state index in [9.17, 15) is 13.5 Å². The summed E-state index contributed by atoms with van der Waals surface area (Å²) in [4.78, 5) is 0. The Hall–Kier alpha value is -0.210. The predicted molar refractivity (Wildman–Crippen MR) is 48.0 cm³/mol. The molecule has 0 bridgehead atoms. The summed E-state index contributed by atoms with van der Waals surface area (Å²) in [7, 11) is -4.45. The van der Waals surface area contributed by atoms with E-state index in [-0.39, 0.29) is 6.15 Å². The molecule has 0 heterocycles. The third-order valence-corrected chi connectivity index (χ3v) is 1.99. The van der Waals surface area contributed by atoms with Gasteiger partial charge in [-0.05, 0) is 12.8 Å². The van der Waals surface area contributed by atoms with Crippen LogP contribution in [0.5, 0.6) is 0 Å². The fraction of sp³-hybridized carbons (Fsp3) is 1.00. The highest BCUT2D eigenvalue weighted by Crippen LogP contribution is 2.09. The Bertz CT molecular complexity index is 215. The third kappa shape index (κ3) is 6.91. The Morgan fingerprint density at radius 1 is 1.31 bits per heavy atom. The smallest absolute Gasteiger partial charge is 0.390 e. The lowest BCUT2D eigenvalue weighted by Gasteiger charge is -2.17. The topological polar surface area (TPSA) is 119 Å². The molecular formula is C6H17NO5S. The zero-order chi connectivity index (χ0) is 9.78. The van der Waals surface area contributed by atoms with Crippen LogP contribution in [-0.4, -0.2) is 30.3 Å². The van der Waals surface area contributed by atoms with Gasteiger partial charge in [0.15, 0.2) is 0 Å². The molecule has 7 heteroatoms. The molecule has 0 rings (SSSR count). The Kier molecular flexibility index (Phi) is 7.37. The number of hydrogen-bond donors (Lipinski definition) is 3. The maximum Gasteiger partial charge on any atom is 0.397 e. The third-order valence-electron chi connectivity index (χ3n) is 1.50. The fourth-order valence-electron chi connectivity index (χ4n) is 0.823. The monoisotopic (exact) mass is 215 g/mol.